The van der Waals surface area contributed by atoms with E-state index in [0.29, 0.717) is 29.5 Å². The number of carbonyl (C=O) groups excluding carboxylic acids is 1. The summed E-state index contributed by atoms with van der Waals surface area (Å²) in [6, 6.07) is 9.98. The summed E-state index contributed by atoms with van der Waals surface area (Å²) in [4.78, 5) is 15.0. The second-order valence-electron chi connectivity index (χ2n) is 6.91. The van der Waals surface area contributed by atoms with Gasteiger partial charge in [0.15, 0.2) is 0 Å². The molecular weight excluding hydrogens is 348 g/mol. The van der Waals surface area contributed by atoms with E-state index in [-0.39, 0.29) is 5.91 Å². The average Bonchev–Trinajstić information content (AvgIpc) is 2.81. The van der Waals surface area contributed by atoms with E-state index in [2.05, 4.69) is 15.3 Å². The van der Waals surface area contributed by atoms with Gasteiger partial charge >= 0.3 is 0 Å². The highest BCUT2D eigenvalue weighted by Crippen LogP contribution is 2.21. The monoisotopic (exact) mass is 374 g/mol. The Hall–Kier alpha value is -1.85. The van der Waals surface area contributed by atoms with E-state index in [4.69, 9.17) is 11.6 Å². The first-order chi connectivity index (χ1) is 12.6. The SMILES string of the molecule is Cc1nn(Cc2ccccc2)c(Cl)c1C(=O)NCCN1CCCCCC1. The Balaban J connectivity index is 1.58. The molecule has 2 aromatic rings. The number of aryl methyl sites for hydroxylation is 1. The number of benzene rings is 1. The lowest BCUT2D eigenvalue weighted by atomic mass is 10.2. The molecule has 0 atom stereocenters. The van der Waals surface area contributed by atoms with Crippen molar-refractivity contribution in [2.75, 3.05) is 26.2 Å². The fraction of sp³-hybridized carbons (Fsp3) is 0.500. The van der Waals surface area contributed by atoms with Crippen molar-refractivity contribution < 1.29 is 4.79 Å². The first-order valence-corrected chi connectivity index (χ1v) is 9.80. The Labute approximate surface area is 160 Å². The molecule has 5 nitrogen and oxygen atoms in total. The predicted octanol–water partition coefficient (Wildman–Crippen LogP) is 3.50. The lowest BCUT2D eigenvalue weighted by Crippen LogP contribution is -2.35. The number of nitrogens with one attached hydrogen (secondary N) is 1. The summed E-state index contributed by atoms with van der Waals surface area (Å²) in [5.74, 6) is -0.137. The van der Waals surface area contributed by atoms with Crippen LogP contribution >= 0.6 is 11.6 Å². The fourth-order valence-corrected chi connectivity index (χ4v) is 3.77. The van der Waals surface area contributed by atoms with E-state index in [1.165, 1.54) is 25.7 Å². The lowest BCUT2D eigenvalue weighted by molar-refractivity contribution is 0.0948. The van der Waals surface area contributed by atoms with Gasteiger partial charge < -0.3 is 10.2 Å². The van der Waals surface area contributed by atoms with Crippen molar-refractivity contribution in [3.63, 3.8) is 0 Å². The molecule has 1 aromatic carbocycles. The third kappa shape index (κ3) is 4.86. The molecule has 1 amide bonds. The molecule has 6 heteroatoms. The van der Waals surface area contributed by atoms with Crippen LogP contribution in [0, 0.1) is 6.92 Å². The molecule has 1 fully saturated rings. The summed E-state index contributed by atoms with van der Waals surface area (Å²) < 4.78 is 1.69. The maximum Gasteiger partial charge on any atom is 0.256 e. The molecular formula is C20H27ClN4O. The molecule has 0 spiro atoms. The van der Waals surface area contributed by atoms with E-state index < -0.39 is 0 Å². The minimum atomic E-state index is -0.137. The van der Waals surface area contributed by atoms with Gasteiger partial charge in [-0.2, -0.15) is 5.10 Å². The van der Waals surface area contributed by atoms with Gasteiger partial charge in [-0.3, -0.25) is 4.79 Å². The number of rotatable bonds is 6. The second-order valence-corrected chi connectivity index (χ2v) is 7.26. The van der Waals surface area contributed by atoms with E-state index in [9.17, 15) is 4.79 Å². The van der Waals surface area contributed by atoms with Crippen molar-refractivity contribution in [1.82, 2.24) is 20.0 Å². The Kier molecular flexibility index (Phi) is 6.69. The number of likely N-dealkylation sites (tertiary alicyclic amines) is 1. The molecule has 0 bridgehead atoms. The molecule has 0 aliphatic carbocycles. The van der Waals surface area contributed by atoms with Crippen LogP contribution in [0.5, 0.6) is 0 Å². The number of hydrogen-bond acceptors (Lipinski definition) is 3. The number of carbonyl (C=O) groups is 1. The number of hydrogen-bond donors (Lipinski definition) is 1. The zero-order chi connectivity index (χ0) is 18.4. The first kappa shape index (κ1) is 18.9. The molecule has 1 N–H and O–H groups in total. The van der Waals surface area contributed by atoms with Crippen molar-refractivity contribution >= 4 is 17.5 Å². The van der Waals surface area contributed by atoms with Gasteiger partial charge in [0.25, 0.3) is 5.91 Å². The highest BCUT2D eigenvalue weighted by Gasteiger charge is 2.20. The summed E-state index contributed by atoms with van der Waals surface area (Å²) in [6.45, 7) is 6.17. The zero-order valence-electron chi connectivity index (χ0n) is 15.4. The summed E-state index contributed by atoms with van der Waals surface area (Å²) in [6.07, 6.45) is 5.15. The molecule has 0 radical (unpaired) electrons. The lowest BCUT2D eigenvalue weighted by Gasteiger charge is -2.19. The molecule has 1 aromatic heterocycles. The summed E-state index contributed by atoms with van der Waals surface area (Å²) in [7, 11) is 0. The minimum absolute atomic E-state index is 0.137. The van der Waals surface area contributed by atoms with Crippen molar-refractivity contribution in [3.05, 3.63) is 52.3 Å². The maximum atomic E-state index is 12.6. The van der Waals surface area contributed by atoms with Crippen LogP contribution in [0.1, 0.15) is 47.3 Å². The van der Waals surface area contributed by atoms with Crippen LogP contribution in [0.2, 0.25) is 5.15 Å². The second kappa shape index (κ2) is 9.19. The van der Waals surface area contributed by atoms with Crippen LogP contribution in [-0.4, -0.2) is 46.8 Å². The normalized spacial score (nSPS) is 15.6. The molecule has 1 aliphatic rings. The quantitative estimate of drug-likeness (QED) is 0.841. The van der Waals surface area contributed by atoms with Crippen molar-refractivity contribution in [2.45, 2.75) is 39.2 Å². The van der Waals surface area contributed by atoms with E-state index in [0.717, 1.165) is 25.2 Å². The smallest absolute Gasteiger partial charge is 0.256 e. The highest BCUT2D eigenvalue weighted by molar-refractivity contribution is 6.33. The Morgan fingerprint density at radius 2 is 1.85 bits per heavy atom. The molecule has 1 aliphatic heterocycles. The van der Waals surface area contributed by atoms with Gasteiger partial charge in [-0.05, 0) is 38.4 Å². The number of nitrogens with zero attached hydrogens (tertiary/aromatic N) is 3. The molecule has 0 saturated carbocycles. The van der Waals surface area contributed by atoms with Crippen molar-refractivity contribution in [2.24, 2.45) is 0 Å². The van der Waals surface area contributed by atoms with Gasteiger partial charge in [0.1, 0.15) is 5.15 Å². The van der Waals surface area contributed by atoms with Crippen LogP contribution in [0.15, 0.2) is 30.3 Å². The Morgan fingerprint density at radius 1 is 1.15 bits per heavy atom. The average molecular weight is 375 g/mol. The molecule has 140 valence electrons. The molecule has 26 heavy (non-hydrogen) atoms. The maximum absolute atomic E-state index is 12.6. The molecule has 2 heterocycles. The molecule has 1 saturated heterocycles. The first-order valence-electron chi connectivity index (χ1n) is 9.42. The Morgan fingerprint density at radius 3 is 2.54 bits per heavy atom. The minimum Gasteiger partial charge on any atom is -0.351 e. The zero-order valence-corrected chi connectivity index (χ0v) is 16.1. The largest absolute Gasteiger partial charge is 0.351 e. The predicted molar refractivity (Wildman–Crippen MR) is 105 cm³/mol. The van der Waals surface area contributed by atoms with Crippen LogP contribution in [-0.2, 0) is 6.54 Å². The number of halogens is 1. The van der Waals surface area contributed by atoms with Crippen LogP contribution < -0.4 is 5.32 Å². The third-order valence-electron chi connectivity index (χ3n) is 4.88. The third-order valence-corrected chi connectivity index (χ3v) is 5.26. The molecule has 0 unspecified atom stereocenters. The van der Waals surface area contributed by atoms with E-state index >= 15 is 0 Å². The van der Waals surface area contributed by atoms with Gasteiger partial charge in [0.2, 0.25) is 0 Å². The standard InChI is InChI=1S/C20H27ClN4O/c1-16-18(19(21)25(23-16)15-17-9-5-4-6-10-17)20(26)22-11-14-24-12-7-2-3-8-13-24/h4-6,9-10H,2-3,7-8,11-15H2,1H3,(H,22,26). The fourth-order valence-electron chi connectivity index (χ4n) is 3.45. The molecule has 3 rings (SSSR count). The van der Waals surface area contributed by atoms with Crippen molar-refractivity contribution in [1.29, 1.82) is 0 Å². The van der Waals surface area contributed by atoms with Gasteiger partial charge in [-0.1, -0.05) is 54.8 Å². The van der Waals surface area contributed by atoms with E-state index in [1.807, 2.05) is 37.3 Å². The number of amides is 1. The highest BCUT2D eigenvalue weighted by atomic mass is 35.5. The summed E-state index contributed by atoms with van der Waals surface area (Å²) in [5.41, 5.74) is 2.25. The van der Waals surface area contributed by atoms with E-state index in [1.54, 1.807) is 4.68 Å². The van der Waals surface area contributed by atoms with Gasteiger partial charge in [-0.15, -0.1) is 0 Å². The number of aromatic nitrogens is 2. The Bertz CT molecular complexity index is 721. The van der Waals surface area contributed by atoms with Gasteiger partial charge in [-0.25, -0.2) is 4.68 Å². The topological polar surface area (TPSA) is 50.2 Å². The van der Waals surface area contributed by atoms with Crippen molar-refractivity contribution in [3.8, 4) is 0 Å². The summed E-state index contributed by atoms with van der Waals surface area (Å²) in [5, 5.41) is 7.86. The van der Waals surface area contributed by atoms with Crippen LogP contribution in [0.4, 0.5) is 0 Å². The van der Waals surface area contributed by atoms with Crippen LogP contribution in [0.25, 0.3) is 0 Å². The van der Waals surface area contributed by atoms with Crippen LogP contribution in [0.3, 0.4) is 0 Å². The van der Waals surface area contributed by atoms with Gasteiger partial charge in [0, 0.05) is 13.1 Å². The van der Waals surface area contributed by atoms with Gasteiger partial charge in [0.05, 0.1) is 17.8 Å². The summed E-state index contributed by atoms with van der Waals surface area (Å²) >= 11 is 6.45.